The highest BCUT2D eigenvalue weighted by atomic mass is 79.9. The Morgan fingerprint density at radius 2 is 1.78 bits per heavy atom. The maximum atomic E-state index is 13.5. The summed E-state index contributed by atoms with van der Waals surface area (Å²) in [6.07, 6.45) is 1.20. The molecule has 3 N–H and O–H groups in total. The van der Waals surface area contributed by atoms with Gasteiger partial charge in [0.15, 0.2) is 0 Å². The van der Waals surface area contributed by atoms with Crippen molar-refractivity contribution in [3.63, 3.8) is 0 Å². The van der Waals surface area contributed by atoms with Crippen LogP contribution in [0.2, 0.25) is 25.7 Å². The third-order valence-electron chi connectivity index (χ3n) is 6.87. The highest BCUT2D eigenvalue weighted by Crippen LogP contribution is 2.55. The zero-order valence-electron chi connectivity index (χ0n) is 21.8. The molecule has 0 saturated carbocycles. The molecule has 9 heteroatoms. The number of fused-ring (bicyclic) bond motifs is 2. The summed E-state index contributed by atoms with van der Waals surface area (Å²) in [5.41, 5.74) is 10.5. The number of phenols is 1. The Hall–Kier alpha value is -2.78. The Kier molecular flexibility index (Phi) is 8.33. The minimum absolute atomic E-state index is 0.104. The average molecular weight is 588 g/mol. The van der Waals surface area contributed by atoms with Crippen molar-refractivity contribution in [3.05, 3.63) is 63.8 Å². The molecule has 3 aliphatic carbocycles. The summed E-state index contributed by atoms with van der Waals surface area (Å²) in [6.45, 7) is 9.26. The van der Waals surface area contributed by atoms with Crippen LogP contribution >= 0.6 is 15.9 Å². The van der Waals surface area contributed by atoms with Gasteiger partial charge in [-0.15, -0.1) is 0 Å². The summed E-state index contributed by atoms with van der Waals surface area (Å²) in [4.78, 5) is 27.0. The number of ether oxygens (including phenoxy) is 2. The summed E-state index contributed by atoms with van der Waals surface area (Å²) in [5.74, 6) is -2.52. The molecule has 3 atom stereocenters. The number of hydrazine groups is 1. The number of hydrogen-bond donors (Lipinski definition) is 3. The van der Waals surface area contributed by atoms with Crippen molar-refractivity contribution in [1.29, 1.82) is 0 Å². The second-order valence-corrected chi connectivity index (χ2v) is 17.3. The largest absolute Gasteiger partial charge is 0.508 e. The SMILES string of the molecule is CCCOC(=O)[C@@H]1C2=C(NNc3ccccc3Br)CC(c3ccc(O)cc32)[C@H]1C(=O)OCC[Si](C)(C)C. The molecule has 0 heterocycles. The van der Waals surface area contributed by atoms with E-state index in [-0.39, 0.29) is 24.2 Å². The lowest BCUT2D eigenvalue weighted by molar-refractivity contribution is -0.159. The number of aromatic hydroxyl groups is 1. The monoisotopic (exact) mass is 586 g/mol. The topological polar surface area (TPSA) is 96.9 Å². The van der Waals surface area contributed by atoms with Crippen LogP contribution in [0.3, 0.4) is 0 Å². The molecule has 3 aliphatic rings. The molecule has 0 saturated heterocycles. The second kappa shape index (κ2) is 11.3. The van der Waals surface area contributed by atoms with Crippen molar-refractivity contribution in [2.75, 3.05) is 18.6 Å². The number of anilines is 1. The van der Waals surface area contributed by atoms with Crippen molar-refractivity contribution in [2.24, 2.45) is 11.8 Å². The Bertz CT molecular complexity index is 1210. The molecule has 7 nitrogen and oxygen atoms in total. The average Bonchev–Trinajstić information content (AvgIpc) is 2.85. The van der Waals surface area contributed by atoms with Crippen molar-refractivity contribution in [2.45, 2.75) is 51.4 Å². The van der Waals surface area contributed by atoms with Crippen molar-refractivity contribution < 1.29 is 24.2 Å². The molecule has 5 rings (SSSR count). The lowest BCUT2D eigenvalue weighted by atomic mass is 9.60. The number of phenolic OH excluding ortho intramolecular Hbond substituents is 1. The van der Waals surface area contributed by atoms with Gasteiger partial charge in [-0.2, -0.15) is 0 Å². The first-order valence-corrected chi connectivity index (χ1v) is 17.3. The van der Waals surface area contributed by atoms with Gasteiger partial charge >= 0.3 is 11.9 Å². The first-order valence-electron chi connectivity index (χ1n) is 12.8. The zero-order valence-corrected chi connectivity index (χ0v) is 24.4. The lowest BCUT2D eigenvalue weighted by Crippen LogP contribution is -2.46. The summed E-state index contributed by atoms with van der Waals surface area (Å²) >= 11 is 3.54. The van der Waals surface area contributed by atoms with Crippen LogP contribution in [0.15, 0.2) is 52.6 Å². The molecule has 2 aromatic rings. The van der Waals surface area contributed by atoms with Crippen LogP contribution in [0.1, 0.15) is 36.8 Å². The van der Waals surface area contributed by atoms with Crippen molar-refractivity contribution in [1.82, 2.24) is 5.43 Å². The van der Waals surface area contributed by atoms with E-state index in [1.165, 1.54) is 0 Å². The van der Waals surface area contributed by atoms with E-state index in [1.807, 2.05) is 37.3 Å². The highest BCUT2D eigenvalue weighted by Gasteiger charge is 2.53. The molecular formula is C28H35BrN2O5Si. The zero-order chi connectivity index (χ0) is 26.7. The predicted molar refractivity (Wildman–Crippen MR) is 151 cm³/mol. The van der Waals surface area contributed by atoms with Crippen LogP contribution < -0.4 is 10.9 Å². The van der Waals surface area contributed by atoms with E-state index < -0.39 is 25.9 Å². The third-order valence-corrected chi connectivity index (χ3v) is 9.27. The highest BCUT2D eigenvalue weighted by molar-refractivity contribution is 9.10. The van der Waals surface area contributed by atoms with Gasteiger partial charge in [0.1, 0.15) is 5.75 Å². The van der Waals surface area contributed by atoms with Crippen LogP contribution in [0.5, 0.6) is 5.75 Å². The smallest absolute Gasteiger partial charge is 0.314 e. The number of benzene rings is 2. The number of para-hydroxylation sites is 1. The molecule has 0 radical (unpaired) electrons. The number of nitrogens with one attached hydrogen (secondary N) is 2. The minimum atomic E-state index is -1.40. The predicted octanol–water partition coefficient (Wildman–Crippen LogP) is 6.05. The van der Waals surface area contributed by atoms with Gasteiger partial charge in [0.25, 0.3) is 0 Å². The molecular weight excluding hydrogens is 552 g/mol. The second-order valence-electron chi connectivity index (χ2n) is 10.9. The van der Waals surface area contributed by atoms with Gasteiger partial charge in [-0.1, -0.05) is 44.8 Å². The summed E-state index contributed by atoms with van der Waals surface area (Å²) in [6, 6.07) is 13.7. The van der Waals surface area contributed by atoms with Crippen molar-refractivity contribution in [3.8, 4) is 5.75 Å². The molecule has 0 fully saturated rings. The van der Waals surface area contributed by atoms with Gasteiger partial charge in [-0.05, 0) is 75.8 Å². The van der Waals surface area contributed by atoms with Crippen LogP contribution in [0.25, 0.3) is 5.57 Å². The maximum Gasteiger partial charge on any atom is 0.314 e. The minimum Gasteiger partial charge on any atom is -0.508 e. The summed E-state index contributed by atoms with van der Waals surface area (Å²) in [7, 11) is -1.40. The summed E-state index contributed by atoms with van der Waals surface area (Å²) < 4.78 is 12.3. The fourth-order valence-electron chi connectivity index (χ4n) is 5.03. The molecule has 2 aromatic carbocycles. The van der Waals surface area contributed by atoms with Crippen LogP contribution in [0.4, 0.5) is 5.69 Å². The number of hydrogen-bond acceptors (Lipinski definition) is 7. The van der Waals surface area contributed by atoms with E-state index in [4.69, 9.17) is 9.47 Å². The molecule has 2 bridgehead atoms. The van der Waals surface area contributed by atoms with Gasteiger partial charge in [0.05, 0.1) is 30.7 Å². The fraction of sp³-hybridized carbons (Fsp3) is 0.429. The van der Waals surface area contributed by atoms with Gasteiger partial charge in [0, 0.05) is 24.2 Å². The Morgan fingerprint density at radius 1 is 1.05 bits per heavy atom. The van der Waals surface area contributed by atoms with E-state index in [0.717, 1.165) is 33.0 Å². The molecule has 0 amide bonds. The van der Waals surface area contributed by atoms with Gasteiger partial charge < -0.3 is 25.4 Å². The number of allylic oxidation sites excluding steroid dienone is 1. The van der Waals surface area contributed by atoms with Gasteiger partial charge in [-0.3, -0.25) is 9.59 Å². The van der Waals surface area contributed by atoms with E-state index >= 15 is 0 Å². The Labute approximate surface area is 227 Å². The standard InChI is InChI=1S/C28H35BrN2O5Si/c1-5-12-35-28(34)26-24-19-15-17(32)10-11-18(19)20(25(26)27(33)36-13-14-37(2,3)4)16-23(24)31-30-22-9-7-6-8-21(22)29/h6-11,15,20,25-26,30-32H,5,12-14,16H2,1-4H3/t20?,25-,26-/m1/s1. The maximum absolute atomic E-state index is 13.5. The first kappa shape index (κ1) is 27.3. The quantitative estimate of drug-likeness (QED) is 0.177. The van der Waals surface area contributed by atoms with E-state index in [0.29, 0.717) is 25.0 Å². The molecule has 1 unspecified atom stereocenters. The van der Waals surface area contributed by atoms with Gasteiger partial charge in [0.2, 0.25) is 0 Å². The lowest BCUT2D eigenvalue weighted by Gasteiger charge is -2.44. The van der Waals surface area contributed by atoms with Crippen LogP contribution in [-0.4, -0.2) is 38.3 Å². The number of halogens is 1. The number of rotatable bonds is 10. The molecule has 198 valence electrons. The first-order chi connectivity index (χ1) is 17.6. The van der Waals surface area contributed by atoms with E-state index in [1.54, 1.807) is 12.1 Å². The summed E-state index contributed by atoms with van der Waals surface area (Å²) in [5, 5.41) is 10.3. The molecule has 0 spiro atoms. The third kappa shape index (κ3) is 6.04. The van der Waals surface area contributed by atoms with Gasteiger partial charge in [-0.25, -0.2) is 0 Å². The Morgan fingerprint density at radius 3 is 2.49 bits per heavy atom. The number of carbonyl (C=O) groups excluding carboxylic acids is 2. The number of esters is 2. The van der Waals surface area contributed by atoms with E-state index in [2.05, 4.69) is 46.4 Å². The molecule has 0 aliphatic heterocycles. The van der Waals surface area contributed by atoms with Crippen LogP contribution in [-0.2, 0) is 19.1 Å². The molecule has 37 heavy (non-hydrogen) atoms. The normalized spacial score (nSPS) is 20.3. The number of carbonyl (C=O) groups is 2. The van der Waals surface area contributed by atoms with E-state index in [9.17, 15) is 14.7 Å². The van der Waals surface area contributed by atoms with Crippen LogP contribution in [0, 0.1) is 11.8 Å². The molecule has 0 aromatic heterocycles. The fourth-order valence-corrected chi connectivity index (χ4v) is 6.12. The Balaban J connectivity index is 1.74. The van der Waals surface area contributed by atoms with Crippen molar-refractivity contribution >= 4 is 47.2 Å².